The highest BCUT2D eigenvalue weighted by atomic mass is 19.1. The van der Waals surface area contributed by atoms with Gasteiger partial charge >= 0.3 is 5.97 Å². The van der Waals surface area contributed by atoms with Gasteiger partial charge in [-0.2, -0.15) is 0 Å². The van der Waals surface area contributed by atoms with Crippen LogP contribution in [0.5, 0.6) is 5.75 Å². The predicted molar refractivity (Wildman–Crippen MR) is 104 cm³/mol. The first-order chi connectivity index (χ1) is 14.1. The summed E-state index contributed by atoms with van der Waals surface area (Å²) in [5, 5.41) is 17.1. The van der Waals surface area contributed by atoms with Gasteiger partial charge in [0.1, 0.15) is 30.5 Å². The monoisotopic (exact) mass is 398 g/mol. The molecule has 0 aliphatic rings. The molecule has 3 aromatic rings. The maximum atomic E-state index is 13.1. The summed E-state index contributed by atoms with van der Waals surface area (Å²) in [6, 6.07) is 13.6. The highest BCUT2D eigenvalue weighted by molar-refractivity contribution is 5.99. The quantitative estimate of drug-likeness (QED) is 0.326. The molecule has 8 heteroatoms. The van der Waals surface area contributed by atoms with E-state index in [9.17, 15) is 9.18 Å². The van der Waals surface area contributed by atoms with E-state index in [2.05, 4.69) is 10.3 Å². The minimum absolute atomic E-state index is 0.0230. The number of aromatic carboxylic acids is 1. The summed E-state index contributed by atoms with van der Waals surface area (Å²) in [4.78, 5) is 16.4. The largest absolute Gasteiger partial charge is 0.487 e. The molecule has 0 unspecified atom stereocenters. The minimum Gasteiger partial charge on any atom is -0.487 e. The molecular formula is C21H19FN2O5. The van der Waals surface area contributed by atoms with Crippen molar-refractivity contribution in [2.45, 2.75) is 13.3 Å². The lowest BCUT2D eigenvalue weighted by atomic mass is 10.1. The fourth-order valence-electron chi connectivity index (χ4n) is 2.40. The number of rotatable bonds is 9. The number of nitrogens with zero attached hydrogens (tertiary/aromatic N) is 2. The van der Waals surface area contributed by atoms with Crippen LogP contribution in [0.1, 0.15) is 29.5 Å². The molecule has 0 spiro atoms. The molecule has 29 heavy (non-hydrogen) atoms. The normalized spacial score (nSPS) is 11.3. The lowest BCUT2D eigenvalue weighted by molar-refractivity contribution is 0.0696. The van der Waals surface area contributed by atoms with E-state index in [4.69, 9.17) is 19.2 Å². The zero-order chi connectivity index (χ0) is 20.6. The van der Waals surface area contributed by atoms with E-state index in [1.165, 1.54) is 24.3 Å². The van der Waals surface area contributed by atoms with Crippen molar-refractivity contribution in [3.05, 3.63) is 71.7 Å². The first-order valence-corrected chi connectivity index (χ1v) is 8.95. The fraction of sp³-hybridized carbons (Fsp3) is 0.190. The Balaban J connectivity index is 1.79. The lowest BCUT2D eigenvalue weighted by Crippen LogP contribution is -2.13. The van der Waals surface area contributed by atoms with Gasteiger partial charge in [0.2, 0.25) is 0 Å². The van der Waals surface area contributed by atoms with Gasteiger partial charge in [-0.3, -0.25) is 0 Å². The molecule has 0 amide bonds. The molecule has 0 bridgehead atoms. The van der Waals surface area contributed by atoms with Crippen LogP contribution >= 0.6 is 0 Å². The summed E-state index contributed by atoms with van der Waals surface area (Å²) in [5.74, 6) is -0.694. The van der Waals surface area contributed by atoms with E-state index >= 15 is 0 Å². The van der Waals surface area contributed by atoms with Crippen molar-refractivity contribution in [1.82, 2.24) is 5.16 Å². The van der Waals surface area contributed by atoms with Crippen LogP contribution in [0.4, 0.5) is 4.39 Å². The van der Waals surface area contributed by atoms with Gasteiger partial charge in [0.15, 0.2) is 11.5 Å². The van der Waals surface area contributed by atoms with Crippen molar-refractivity contribution in [2.75, 3.05) is 13.2 Å². The Morgan fingerprint density at radius 1 is 1.21 bits per heavy atom. The number of carboxylic acids is 1. The van der Waals surface area contributed by atoms with E-state index in [1.54, 1.807) is 30.3 Å². The van der Waals surface area contributed by atoms with Crippen molar-refractivity contribution in [3.8, 4) is 17.0 Å². The maximum absolute atomic E-state index is 13.1. The van der Waals surface area contributed by atoms with E-state index in [0.29, 0.717) is 35.1 Å². The standard InChI is InChI=1S/C21H19FN2O5/c1-2-10-28-23-19(13-27-17-5-3-4-15(11-17)21(25)26)20-12-18(24-29-20)14-6-8-16(22)9-7-14/h3-9,11-12H,2,10,13H2,1H3,(H,25,26)/b23-19+. The number of carboxylic acid groups (broad SMARTS) is 1. The Bertz CT molecular complexity index is 998. The van der Waals surface area contributed by atoms with Gasteiger partial charge in [-0.05, 0) is 48.9 Å². The average Bonchev–Trinajstić information content (AvgIpc) is 3.21. The summed E-state index contributed by atoms with van der Waals surface area (Å²) in [6.07, 6.45) is 0.773. The van der Waals surface area contributed by atoms with Gasteiger partial charge in [0.25, 0.3) is 0 Å². The van der Waals surface area contributed by atoms with Crippen molar-refractivity contribution in [1.29, 1.82) is 0 Å². The molecule has 150 valence electrons. The van der Waals surface area contributed by atoms with Gasteiger partial charge in [-0.1, -0.05) is 23.3 Å². The van der Waals surface area contributed by atoms with Gasteiger partial charge in [-0.15, -0.1) is 0 Å². The number of hydrogen-bond acceptors (Lipinski definition) is 6. The van der Waals surface area contributed by atoms with Crippen LogP contribution in [0.2, 0.25) is 0 Å². The molecule has 0 aliphatic heterocycles. The predicted octanol–water partition coefficient (Wildman–Crippen LogP) is 4.39. The molecule has 0 radical (unpaired) electrons. The molecular weight excluding hydrogens is 379 g/mol. The maximum Gasteiger partial charge on any atom is 0.335 e. The molecule has 2 aromatic carbocycles. The van der Waals surface area contributed by atoms with Crippen LogP contribution in [-0.2, 0) is 4.84 Å². The highest BCUT2D eigenvalue weighted by Crippen LogP contribution is 2.21. The number of aromatic nitrogens is 1. The Kier molecular flexibility index (Phi) is 6.57. The van der Waals surface area contributed by atoms with Crippen LogP contribution in [0.25, 0.3) is 11.3 Å². The fourth-order valence-corrected chi connectivity index (χ4v) is 2.40. The highest BCUT2D eigenvalue weighted by Gasteiger charge is 2.15. The van der Waals surface area contributed by atoms with Crippen LogP contribution < -0.4 is 4.74 Å². The lowest BCUT2D eigenvalue weighted by Gasteiger charge is -2.07. The van der Waals surface area contributed by atoms with Crippen molar-refractivity contribution >= 4 is 11.7 Å². The third-order valence-electron chi connectivity index (χ3n) is 3.86. The van der Waals surface area contributed by atoms with Gasteiger partial charge in [0.05, 0.1) is 5.56 Å². The number of ether oxygens (including phenoxy) is 1. The topological polar surface area (TPSA) is 94.2 Å². The van der Waals surface area contributed by atoms with Crippen molar-refractivity contribution in [3.63, 3.8) is 0 Å². The van der Waals surface area contributed by atoms with Crippen LogP contribution in [0.3, 0.4) is 0 Å². The number of benzene rings is 2. The number of oxime groups is 1. The molecule has 1 N–H and O–H groups in total. The summed E-state index contributed by atoms with van der Waals surface area (Å²) < 4.78 is 24.1. The van der Waals surface area contributed by atoms with Crippen molar-refractivity contribution in [2.24, 2.45) is 5.16 Å². The van der Waals surface area contributed by atoms with Gasteiger partial charge < -0.3 is 19.2 Å². The van der Waals surface area contributed by atoms with Crippen LogP contribution in [0, 0.1) is 5.82 Å². The summed E-state index contributed by atoms with van der Waals surface area (Å²) in [5.41, 5.74) is 1.66. The molecule has 0 saturated carbocycles. The second-order valence-electron chi connectivity index (χ2n) is 6.08. The zero-order valence-electron chi connectivity index (χ0n) is 15.7. The third-order valence-corrected chi connectivity index (χ3v) is 3.86. The molecule has 0 aliphatic carbocycles. The number of halogens is 1. The average molecular weight is 398 g/mol. The Morgan fingerprint density at radius 2 is 2.00 bits per heavy atom. The first-order valence-electron chi connectivity index (χ1n) is 8.95. The summed E-state index contributed by atoms with van der Waals surface area (Å²) in [7, 11) is 0. The molecule has 1 aromatic heterocycles. The zero-order valence-corrected chi connectivity index (χ0v) is 15.7. The second-order valence-corrected chi connectivity index (χ2v) is 6.08. The minimum atomic E-state index is -1.05. The Labute approximate surface area is 166 Å². The van der Waals surface area contributed by atoms with Gasteiger partial charge in [-0.25, -0.2) is 9.18 Å². The molecule has 7 nitrogen and oxygen atoms in total. The van der Waals surface area contributed by atoms with E-state index in [1.807, 2.05) is 6.92 Å². The molecule has 3 rings (SSSR count). The molecule has 0 fully saturated rings. The second kappa shape index (κ2) is 9.50. The molecule has 0 saturated heterocycles. The first kappa shape index (κ1) is 20.1. The number of carbonyl (C=O) groups is 1. The SMILES string of the molecule is CCCO/N=C(\COc1cccc(C(=O)O)c1)c1cc(-c2ccc(F)cc2)no1. The van der Waals surface area contributed by atoms with Crippen LogP contribution in [-0.4, -0.2) is 35.2 Å². The summed E-state index contributed by atoms with van der Waals surface area (Å²) >= 11 is 0. The third kappa shape index (κ3) is 5.41. The van der Waals surface area contributed by atoms with Crippen molar-refractivity contribution < 1.29 is 28.4 Å². The summed E-state index contributed by atoms with van der Waals surface area (Å²) in [6.45, 7) is 2.34. The van der Waals surface area contributed by atoms with E-state index in [0.717, 1.165) is 6.42 Å². The smallest absolute Gasteiger partial charge is 0.335 e. The Morgan fingerprint density at radius 3 is 2.72 bits per heavy atom. The van der Waals surface area contributed by atoms with Gasteiger partial charge in [0, 0.05) is 11.6 Å². The van der Waals surface area contributed by atoms with E-state index < -0.39 is 5.97 Å². The number of hydrogen-bond donors (Lipinski definition) is 1. The molecule has 1 heterocycles. The van der Waals surface area contributed by atoms with Crippen LogP contribution in [0.15, 0.2) is 64.3 Å². The van der Waals surface area contributed by atoms with E-state index in [-0.39, 0.29) is 18.0 Å². The Hall–Kier alpha value is -3.68. The molecule has 0 atom stereocenters.